The van der Waals surface area contributed by atoms with Gasteiger partial charge in [-0.25, -0.2) is 18.2 Å². The maximum atomic E-state index is 13.3. The molecule has 2 N–H and O–H groups in total. The van der Waals surface area contributed by atoms with Crippen molar-refractivity contribution in [2.75, 3.05) is 26.7 Å². The Labute approximate surface area is 195 Å². The van der Waals surface area contributed by atoms with Crippen LogP contribution in [0.15, 0.2) is 30.5 Å². The molecule has 0 spiro atoms. The molecule has 10 heteroatoms. The van der Waals surface area contributed by atoms with Crippen LogP contribution in [0.25, 0.3) is 0 Å². The van der Waals surface area contributed by atoms with E-state index < -0.39 is 29.3 Å². The lowest BCUT2D eigenvalue weighted by Gasteiger charge is -2.46. The van der Waals surface area contributed by atoms with Crippen LogP contribution in [0, 0.1) is 17.5 Å². The lowest BCUT2D eigenvalue weighted by Crippen LogP contribution is -2.63. The van der Waals surface area contributed by atoms with Gasteiger partial charge in [-0.05, 0) is 49.3 Å². The smallest absolute Gasteiger partial charge is 0.251 e. The number of amides is 2. The molecule has 1 aromatic carbocycles. The van der Waals surface area contributed by atoms with Gasteiger partial charge in [0.2, 0.25) is 11.8 Å². The largest absolute Gasteiger partial charge is 0.481 e. The molecule has 4 rings (SSSR count). The molecular formula is C24H27F3N4O3. The van der Waals surface area contributed by atoms with Gasteiger partial charge in [0.05, 0.1) is 19.7 Å². The third-order valence-corrected chi connectivity index (χ3v) is 6.58. The summed E-state index contributed by atoms with van der Waals surface area (Å²) in [7, 11) is 1.60. The lowest BCUT2D eigenvalue weighted by atomic mass is 9.81. The van der Waals surface area contributed by atoms with Crippen molar-refractivity contribution in [2.45, 2.75) is 43.7 Å². The molecule has 2 aliphatic rings. The van der Waals surface area contributed by atoms with Crippen LogP contribution in [0.5, 0.6) is 5.88 Å². The first-order valence-electron chi connectivity index (χ1n) is 11.3. The molecule has 1 aliphatic carbocycles. The minimum Gasteiger partial charge on any atom is -0.481 e. The number of carbonyl (C=O) groups excluding carboxylic acids is 2. The van der Waals surface area contributed by atoms with E-state index in [9.17, 15) is 22.8 Å². The number of benzene rings is 1. The number of hydrogen-bond donors (Lipinski definition) is 2. The number of rotatable bonds is 7. The summed E-state index contributed by atoms with van der Waals surface area (Å²) >= 11 is 0. The monoisotopic (exact) mass is 476 g/mol. The summed E-state index contributed by atoms with van der Waals surface area (Å²) in [6.45, 7) is 1.15. The van der Waals surface area contributed by atoms with Gasteiger partial charge in [0.25, 0.3) is 5.91 Å². The summed E-state index contributed by atoms with van der Waals surface area (Å²) in [6, 6.07) is 5.63. The highest BCUT2D eigenvalue weighted by Gasteiger charge is 2.35. The van der Waals surface area contributed by atoms with E-state index in [2.05, 4.69) is 26.6 Å². The number of aromatic nitrogens is 1. The molecule has 0 radical (unpaired) electrons. The van der Waals surface area contributed by atoms with Crippen LogP contribution in [-0.2, 0) is 4.79 Å². The second-order valence-corrected chi connectivity index (χ2v) is 8.79. The van der Waals surface area contributed by atoms with Crippen LogP contribution < -0.4 is 15.4 Å². The van der Waals surface area contributed by atoms with Gasteiger partial charge in [-0.15, -0.1) is 0 Å². The fourth-order valence-electron chi connectivity index (χ4n) is 4.66. The number of likely N-dealkylation sites (tertiary alicyclic amines) is 1. The average Bonchev–Trinajstić information content (AvgIpc) is 2.83. The first kappa shape index (κ1) is 24.0. The highest BCUT2D eigenvalue weighted by Crippen LogP contribution is 2.36. The van der Waals surface area contributed by atoms with Gasteiger partial charge in [0, 0.05) is 37.0 Å². The minimum atomic E-state index is -1.64. The Morgan fingerprint density at radius 3 is 2.35 bits per heavy atom. The first-order chi connectivity index (χ1) is 16.3. The molecule has 2 fully saturated rings. The van der Waals surface area contributed by atoms with Gasteiger partial charge in [0.1, 0.15) is 0 Å². The number of carbonyl (C=O) groups is 2. The van der Waals surface area contributed by atoms with Crippen LogP contribution in [0.4, 0.5) is 13.2 Å². The zero-order chi connectivity index (χ0) is 24.2. The molecule has 0 atom stereocenters. The van der Waals surface area contributed by atoms with Crippen molar-refractivity contribution in [1.82, 2.24) is 20.5 Å². The van der Waals surface area contributed by atoms with Gasteiger partial charge in [-0.2, -0.15) is 0 Å². The van der Waals surface area contributed by atoms with Gasteiger partial charge >= 0.3 is 0 Å². The molecule has 1 aromatic heterocycles. The molecule has 1 saturated heterocycles. The molecular weight excluding hydrogens is 449 g/mol. The number of nitrogens with zero attached hydrogens (tertiary/aromatic N) is 2. The molecule has 182 valence electrons. The third-order valence-electron chi connectivity index (χ3n) is 6.58. The molecule has 2 aromatic rings. The summed E-state index contributed by atoms with van der Waals surface area (Å²) in [6.07, 6.45) is 6.23. The standard InChI is InChI=1S/C24H27F3N4O3/c1-34-22-7-4-15(10-28-22)14-2-5-18(6-3-14)31-12-17(13-31)30-21(32)11-29-24(33)16-8-19(25)23(27)20(26)9-16/h4,7-10,14,17-18H,2-3,5-6,11-13H2,1H3,(H,29,33)(H,30,32). The van der Waals surface area contributed by atoms with Crippen LogP contribution in [-0.4, -0.2) is 60.5 Å². The Kier molecular flexibility index (Phi) is 7.35. The van der Waals surface area contributed by atoms with Crippen LogP contribution in [0.3, 0.4) is 0 Å². The summed E-state index contributed by atoms with van der Waals surface area (Å²) in [5, 5.41) is 5.14. The third kappa shape index (κ3) is 5.49. The SMILES string of the molecule is COc1ccc(C2CCC(N3CC(NC(=O)CNC(=O)c4cc(F)c(F)c(F)c4)C3)CC2)cn1. The Balaban J connectivity index is 1.15. The zero-order valence-corrected chi connectivity index (χ0v) is 18.8. The summed E-state index contributed by atoms with van der Waals surface area (Å²) < 4.78 is 44.7. The van der Waals surface area contributed by atoms with Crippen molar-refractivity contribution in [1.29, 1.82) is 0 Å². The van der Waals surface area contributed by atoms with Crippen LogP contribution in [0.2, 0.25) is 0 Å². The molecule has 1 aliphatic heterocycles. The first-order valence-corrected chi connectivity index (χ1v) is 11.3. The van der Waals surface area contributed by atoms with E-state index in [1.807, 2.05) is 12.3 Å². The second-order valence-electron chi connectivity index (χ2n) is 8.79. The van der Waals surface area contributed by atoms with Gasteiger partial charge in [-0.1, -0.05) is 6.07 Å². The van der Waals surface area contributed by atoms with Crippen molar-refractivity contribution in [3.05, 3.63) is 59.0 Å². The van der Waals surface area contributed by atoms with Crippen molar-refractivity contribution in [3.63, 3.8) is 0 Å². The molecule has 0 bridgehead atoms. The Bertz CT molecular complexity index is 1010. The zero-order valence-electron chi connectivity index (χ0n) is 18.8. The van der Waals surface area contributed by atoms with Gasteiger partial charge in [-0.3, -0.25) is 14.5 Å². The highest BCUT2D eigenvalue weighted by molar-refractivity contribution is 5.96. The lowest BCUT2D eigenvalue weighted by molar-refractivity contribution is -0.122. The molecule has 0 unspecified atom stereocenters. The number of ether oxygens (including phenoxy) is 1. The fourth-order valence-corrected chi connectivity index (χ4v) is 4.66. The van der Waals surface area contributed by atoms with E-state index >= 15 is 0 Å². The predicted molar refractivity (Wildman–Crippen MR) is 118 cm³/mol. The molecule has 7 nitrogen and oxygen atoms in total. The Morgan fingerprint density at radius 1 is 1.09 bits per heavy atom. The number of methoxy groups -OCH3 is 1. The molecule has 1 saturated carbocycles. The van der Waals surface area contributed by atoms with E-state index in [-0.39, 0.29) is 18.2 Å². The molecule has 2 amide bonds. The molecule has 34 heavy (non-hydrogen) atoms. The van der Waals surface area contributed by atoms with Crippen LogP contribution >= 0.6 is 0 Å². The van der Waals surface area contributed by atoms with E-state index in [1.165, 1.54) is 5.56 Å². The predicted octanol–water partition coefficient (Wildman–Crippen LogP) is 2.76. The number of pyridine rings is 1. The summed E-state index contributed by atoms with van der Waals surface area (Å²) in [5.74, 6) is -4.70. The maximum Gasteiger partial charge on any atom is 0.251 e. The van der Waals surface area contributed by atoms with E-state index in [4.69, 9.17) is 4.74 Å². The van der Waals surface area contributed by atoms with Crippen molar-refractivity contribution < 1.29 is 27.5 Å². The van der Waals surface area contributed by atoms with E-state index in [0.717, 1.165) is 38.8 Å². The normalized spacial score (nSPS) is 20.9. The van der Waals surface area contributed by atoms with Gasteiger partial charge < -0.3 is 15.4 Å². The van der Waals surface area contributed by atoms with Crippen molar-refractivity contribution >= 4 is 11.8 Å². The number of nitrogens with one attached hydrogen (secondary N) is 2. The average molecular weight is 476 g/mol. The van der Waals surface area contributed by atoms with Crippen LogP contribution in [0.1, 0.15) is 47.5 Å². The number of halogens is 3. The summed E-state index contributed by atoms with van der Waals surface area (Å²) in [4.78, 5) is 30.8. The van der Waals surface area contributed by atoms with Crippen molar-refractivity contribution in [2.24, 2.45) is 0 Å². The van der Waals surface area contributed by atoms with E-state index in [1.54, 1.807) is 7.11 Å². The van der Waals surface area contributed by atoms with Crippen molar-refractivity contribution in [3.8, 4) is 5.88 Å². The quantitative estimate of drug-likeness (QED) is 0.601. The highest BCUT2D eigenvalue weighted by atomic mass is 19.2. The Morgan fingerprint density at radius 2 is 1.76 bits per heavy atom. The van der Waals surface area contributed by atoms with E-state index in [0.29, 0.717) is 30.0 Å². The topological polar surface area (TPSA) is 83.6 Å². The molecule has 2 heterocycles. The summed E-state index contributed by atoms with van der Waals surface area (Å²) in [5.41, 5.74) is 0.848. The Hall–Kier alpha value is -3.14. The second kappa shape index (κ2) is 10.4. The fraction of sp³-hybridized carbons (Fsp3) is 0.458. The van der Waals surface area contributed by atoms with Gasteiger partial charge in [0.15, 0.2) is 17.5 Å². The number of hydrogen-bond acceptors (Lipinski definition) is 5. The minimum absolute atomic E-state index is 0.00590. The maximum absolute atomic E-state index is 13.3.